The number of amides is 2. The summed E-state index contributed by atoms with van der Waals surface area (Å²) < 4.78 is 29.2. The molecule has 3 aromatic carbocycles. The molecule has 0 aliphatic carbocycles. The molecule has 0 radical (unpaired) electrons. The van der Waals surface area contributed by atoms with Gasteiger partial charge < -0.3 is 10.2 Å². The lowest BCUT2D eigenvalue weighted by Crippen LogP contribution is -2.53. The molecule has 0 fully saturated rings. The van der Waals surface area contributed by atoms with Gasteiger partial charge in [0.05, 0.1) is 10.6 Å². The van der Waals surface area contributed by atoms with Gasteiger partial charge in [0.2, 0.25) is 11.8 Å². The number of sulfonamides is 1. The van der Waals surface area contributed by atoms with Crippen LogP contribution in [0.25, 0.3) is 0 Å². The number of rotatable bonds is 13. The molecule has 2 atom stereocenters. The summed E-state index contributed by atoms with van der Waals surface area (Å²) in [7, 11) is -4.15. The number of hydrogen-bond donors (Lipinski definition) is 1. The first kappa shape index (κ1) is 32.4. The summed E-state index contributed by atoms with van der Waals surface area (Å²) in [5, 5.41) is 3.65. The van der Waals surface area contributed by atoms with Crippen molar-refractivity contribution in [1.29, 1.82) is 0 Å². The van der Waals surface area contributed by atoms with Crippen LogP contribution in [0.3, 0.4) is 0 Å². The van der Waals surface area contributed by atoms with Crippen molar-refractivity contribution in [2.24, 2.45) is 0 Å². The number of nitrogens with zero attached hydrogens (tertiary/aromatic N) is 2. The Morgan fingerprint density at radius 2 is 1.46 bits per heavy atom. The molecule has 0 aliphatic heterocycles. The standard InChI is InChI=1S/C31H37Cl2N3O4S/c1-5-22(4)34-31(38)28(7-3)35(20-25-26(32)17-13-18-27(25)33)30(37)21-36(29-19-12-11-14-23(29)6-2)41(39,40)24-15-9-8-10-16-24/h8-19,22,28H,5-7,20-21H2,1-4H3,(H,34,38). The van der Waals surface area contributed by atoms with Crippen LogP contribution in [-0.4, -0.2) is 43.8 Å². The quantitative estimate of drug-likeness (QED) is 0.238. The average Bonchev–Trinajstić information content (AvgIpc) is 2.97. The predicted octanol–water partition coefficient (Wildman–Crippen LogP) is 6.47. The second-order valence-electron chi connectivity index (χ2n) is 9.77. The Hall–Kier alpha value is -3.07. The minimum absolute atomic E-state index is 0.0564. The lowest BCUT2D eigenvalue weighted by molar-refractivity contribution is -0.140. The van der Waals surface area contributed by atoms with E-state index >= 15 is 0 Å². The van der Waals surface area contributed by atoms with E-state index in [-0.39, 0.29) is 23.4 Å². The summed E-state index contributed by atoms with van der Waals surface area (Å²) in [6, 6.07) is 19.1. The molecule has 3 rings (SSSR count). The molecule has 3 aromatic rings. The number of aryl methyl sites for hydroxylation is 1. The van der Waals surface area contributed by atoms with Crippen LogP contribution in [0.4, 0.5) is 5.69 Å². The molecule has 7 nitrogen and oxygen atoms in total. The zero-order valence-corrected chi connectivity index (χ0v) is 26.1. The Balaban J connectivity index is 2.13. The second-order valence-corrected chi connectivity index (χ2v) is 12.4. The maximum atomic E-state index is 14.2. The molecule has 0 aliphatic rings. The van der Waals surface area contributed by atoms with E-state index in [4.69, 9.17) is 23.2 Å². The lowest BCUT2D eigenvalue weighted by Gasteiger charge is -2.34. The van der Waals surface area contributed by atoms with Crippen LogP contribution in [0.5, 0.6) is 0 Å². The van der Waals surface area contributed by atoms with Crippen molar-refractivity contribution in [3.8, 4) is 0 Å². The molecule has 0 saturated carbocycles. The average molecular weight is 619 g/mol. The van der Waals surface area contributed by atoms with Crippen LogP contribution in [0.1, 0.15) is 51.7 Å². The summed E-state index contributed by atoms with van der Waals surface area (Å²) in [5.74, 6) is -0.887. The van der Waals surface area contributed by atoms with Crippen molar-refractivity contribution < 1.29 is 18.0 Å². The molecule has 41 heavy (non-hydrogen) atoms. The van der Waals surface area contributed by atoms with Crippen LogP contribution in [-0.2, 0) is 32.6 Å². The minimum atomic E-state index is -4.15. The number of nitrogens with one attached hydrogen (secondary N) is 1. The van der Waals surface area contributed by atoms with Crippen molar-refractivity contribution in [2.75, 3.05) is 10.8 Å². The monoisotopic (exact) mass is 617 g/mol. The van der Waals surface area contributed by atoms with Gasteiger partial charge in [-0.1, -0.05) is 86.4 Å². The van der Waals surface area contributed by atoms with E-state index in [1.807, 2.05) is 32.9 Å². The van der Waals surface area contributed by atoms with Gasteiger partial charge in [-0.3, -0.25) is 13.9 Å². The fraction of sp³-hybridized carbons (Fsp3) is 0.355. The number of para-hydroxylation sites is 1. The Bertz CT molecular complexity index is 1430. The van der Waals surface area contributed by atoms with Crippen LogP contribution in [0.2, 0.25) is 10.0 Å². The summed E-state index contributed by atoms with van der Waals surface area (Å²) in [4.78, 5) is 29.1. The largest absolute Gasteiger partial charge is 0.352 e. The van der Waals surface area contributed by atoms with Crippen molar-refractivity contribution in [1.82, 2.24) is 10.2 Å². The zero-order valence-electron chi connectivity index (χ0n) is 23.8. The Labute approximate surface area is 253 Å². The van der Waals surface area contributed by atoms with Gasteiger partial charge in [-0.15, -0.1) is 0 Å². The normalized spacial score (nSPS) is 12.8. The smallest absolute Gasteiger partial charge is 0.264 e. The highest BCUT2D eigenvalue weighted by Gasteiger charge is 2.35. The molecule has 0 bridgehead atoms. The van der Waals surface area contributed by atoms with Crippen molar-refractivity contribution >= 4 is 50.7 Å². The highest BCUT2D eigenvalue weighted by Crippen LogP contribution is 2.30. The molecule has 0 aromatic heterocycles. The highest BCUT2D eigenvalue weighted by atomic mass is 35.5. The highest BCUT2D eigenvalue weighted by molar-refractivity contribution is 7.92. The van der Waals surface area contributed by atoms with E-state index in [0.29, 0.717) is 40.6 Å². The van der Waals surface area contributed by atoms with E-state index in [1.165, 1.54) is 17.0 Å². The molecule has 2 amide bonds. The molecule has 10 heteroatoms. The molecule has 0 spiro atoms. The lowest BCUT2D eigenvalue weighted by atomic mass is 10.1. The topological polar surface area (TPSA) is 86.8 Å². The third kappa shape index (κ3) is 7.82. The van der Waals surface area contributed by atoms with Crippen molar-refractivity contribution in [2.45, 2.75) is 70.5 Å². The third-order valence-electron chi connectivity index (χ3n) is 7.03. The number of carbonyl (C=O) groups is 2. The van der Waals surface area contributed by atoms with Crippen LogP contribution < -0.4 is 9.62 Å². The molecule has 1 N–H and O–H groups in total. The zero-order chi connectivity index (χ0) is 30.2. The van der Waals surface area contributed by atoms with Gasteiger partial charge in [-0.2, -0.15) is 0 Å². The maximum absolute atomic E-state index is 14.2. The van der Waals surface area contributed by atoms with Gasteiger partial charge in [0.25, 0.3) is 10.0 Å². The Kier molecular flexibility index (Phi) is 11.6. The van der Waals surface area contributed by atoms with Gasteiger partial charge in [0.15, 0.2) is 0 Å². The van der Waals surface area contributed by atoms with Gasteiger partial charge in [0.1, 0.15) is 12.6 Å². The van der Waals surface area contributed by atoms with Crippen molar-refractivity contribution in [3.05, 3.63) is 94.0 Å². The SMILES string of the molecule is CCc1ccccc1N(CC(=O)N(Cc1c(Cl)cccc1Cl)C(CC)C(=O)NC(C)CC)S(=O)(=O)c1ccccc1. The maximum Gasteiger partial charge on any atom is 0.264 e. The first-order chi connectivity index (χ1) is 19.5. The van der Waals surface area contributed by atoms with Crippen LogP contribution in [0, 0.1) is 0 Å². The molecule has 0 saturated heterocycles. The number of halogens is 2. The van der Waals surface area contributed by atoms with Crippen LogP contribution in [0.15, 0.2) is 77.7 Å². The summed E-state index contributed by atoms with van der Waals surface area (Å²) in [6.07, 6.45) is 1.56. The van der Waals surface area contributed by atoms with Gasteiger partial charge in [0, 0.05) is 28.2 Å². The number of anilines is 1. The summed E-state index contributed by atoms with van der Waals surface area (Å²) in [6.45, 7) is 6.97. The van der Waals surface area contributed by atoms with E-state index in [1.54, 1.807) is 55.5 Å². The molecule has 0 heterocycles. The summed E-state index contributed by atoms with van der Waals surface area (Å²) in [5.41, 5.74) is 1.65. The number of hydrogen-bond acceptors (Lipinski definition) is 4. The Morgan fingerprint density at radius 3 is 2.05 bits per heavy atom. The van der Waals surface area contributed by atoms with E-state index in [2.05, 4.69) is 5.32 Å². The fourth-order valence-corrected chi connectivity index (χ4v) is 6.49. The van der Waals surface area contributed by atoms with E-state index in [0.717, 1.165) is 9.87 Å². The molecule has 220 valence electrons. The first-order valence-electron chi connectivity index (χ1n) is 13.7. The molecular formula is C31H37Cl2N3O4S. The Morgan fingerprint density at radius 1 is 0.854 bits per heavy atom. The third-order valence-corrected chi connectivity index (χ3v) is 9.51. The van der Waals surface area contributed by atoms with E-state index < -0.39 is 28.5 Å². The first-order valence-corrected chi connectivity index (χ1v) is 15.9. The number of carbonyl (C=O) groups excluding carboxylic acids is 2. The molecular weight excluding hydrogens is 581 g/mol. The summed E-state index contributed by atoms with van der Waals surface area (Å²) >= 11 is 13.0. The van der Waals surface area contributed by atoms with Crippen LogP contribution >= 0.6 is 23.2 Å². The number of benzene rings is 3. The van der Waals surface area contributed by atoms with Crippen molar-refractivity contribution in [3.63, 3.8) is 0 Å². The fourth-order valence-electron chi connectivity index (χ4n) is 4.50. The minimum Gasteiger partial charge on any atom is -0.352 e. The molecule has 2 unspecified atom stereocenters. The van der Waals surface area contributed by atoms with Gasteiger partial charge in [-0.05, 0) is 62.1 Å². The van der Waals surface area contributed by atoms with Gasteiger partial charge >= 0.3 is 0 Å². The predicted molar refractivity (Wildman–Crippen MR) is 166 cm³/mol. The van der Waals surface area contributed by atoms with Gasteiger partial charge in [-0.25, -0.2) is 8.42 Å². The van der Waals surface area contributed by atoms with E-state index in [9.17, 15) is 18.0 Å². The second kappa shape index (κ2) is 14.7.